The molecule has 7 nitrogen and oxygen atoms in total. The summed E-state index contributed by atoms with van der Waals surface area (Å²) < 4.78 is 8.64. The van der Waals surface area contributed by atoms with E-state index in [4.69, 9.17) is 4.74 Å². The lowest BCUT2D eigenvalue weighted by molar-refractivity contribution is -0.550. The topological polar surface area (TPSA) is 76.9 Å². The number of aromatic amines is 1. The van der Waals surface area contributed by atoms with Crippen LogP contribution in [0.5, 0.6) is 5.75 Å². The first-order chi connectivity index (χ1) is 12.4. The quantitative estimate of drug-likeness (QED) is 0.563. The molecule has 0 aliphatic heterocycles. The van der Waals surface area contributed by atoms with E-state index in [-0.39, 0.29) is 11.1 Å². The monoisotopic (exact) mass is 350 g/mol. The second kappa shape index (κ2) is 5.66. The summed E-state index contributed by atoms with van der Waals surface area (Å²) >= 11 is 0. The van der Waals surface area contributed by atoms with Crippen molar-refractivity contribution in [3.8, 4) is 17.1 Å². The van der Waals surface area contributed by atoms with Gasteiger partial charge >= 0.3 is 5.78 Å². The highest BCUT2D eigenvalue weighted by molar-refractivity contribution is 5.74. The second-order valence-electron chi connectivity index (χ2n) is 7.15. The number of rotatable bonds is 2. The molecule has 0 aliphatic carbocycles. The van der Waals surface area contributed by atoms with Crippen LogP contribution in [0.3, 0.4) is 0 Å². The molecule has 0 radical (unpaired) electrons. The molecule has 0 aliphatic rings. The maximum atomic E-state index is 12.8. The molecule has 0 amide bonds. The molecule has 3 aromatic heterocycles. The fourth-order valence-corrected chi connectivity index (χ4v) is 2.97. The summed E-state index contributed by atoms with van der Waals surface area (Å²) in [7, 11) is 1.63. The van der Waals surface area contributed by atoms with Crippen LogP contribution in [0.1, 0.15) is 20.8 Å². The van der Waals surface area contributed by atoms with Gasteiger partial charge in [-0.2, -0.15) is 0 Å². The fraction of sp³-hybridized carbons (Fsp3) is 0.263. The summed E-state index contributed by atoms with van der Waals surface area (Å²) in [5, 5.41) is 3.78. The lowest BCUT2D eigenvalue weighted by Crippen LogP contribution is -2.36. The van der Waals surface area contributed by atoms with Crippen molar-refractivity contribution in [2.75, 3.05) is 7.11 Å². The minimum atomic E-state index is -0.298. The molecule has 0 unspecified atom stereocenters. The zero-order valence-corrected chi connectivity index (χ0v) is 15.1. The number of hydrogen-bond donors (Lipinski definition) is 1. The number of H-pyrrole nitrogens is 1. The molecule has 1 aromatic carbocycles. The van der Waals surface area contributed by atoms with Crippen molar-refractivity contribution in [3.63, 3.8) is 0 Å². The zero-order chi connectivity index (χ0) is 18.5. The third-order valence-corrected chi connectivity index (χ3v) is 4.37. The number of fused-ring (bicyclic) bond motifs is 3. The van der Waals surface area contributed by atoms with Crippen LogP contribution in [-0.4, -0.2) is 26.7 Å². The highest BCUT2D eigenvalue weighted by atomic mass is 16.5. The first-order valence-corrected chi connectivity index (χ1v) is 8.35. The van der Waals surface area contributed by atoms with E-state index in [1.54, 1.807) is 22.4 Å². The molecule has 0 bridgehead atoms. The number of pyridine rings is 1. The minimum Gasteiger partial charge on any atom is -0.497 e. The van der Waals surface area contributed by atoms with Crippen molar-refractivity contribution in [3.05, 3.63) is 53.1 Å². The summed E-state index contributed by atoms with van der Waals surface area (Å²) in [6, 6.07) is 9.51. The number of nitrogens with one attached hydrogen (secondary N) is 1. The Balaban J connectivity index is 1.92. The van der Waals surface area contributed by atoms with E-state index in [9.17, 15) is 4.79 Å². The summed E-state index contributed by atoms with van der Waals surface area (Å²) in [6.07, 6.45) is 3.40. The van der Waals surface area contributed by atoms with Gasteiger partial charge in [-0.15, -0.1) is 4.52 Å². The van der Waals surface area contributed by atoms with Crippen LogP contribution in [0.15, 0.2) is 47.5 Å². The Morgan fingerprint density at radius 2 is 1.88 bits per heavy atom. The average molecular weight is 350 g/mol. The van der Waals surface area contributed by atoms with Crippen LogP contribution in [0, 0.1) is 0 Å². The van der Waals surface area contributed by atoms with Crippen molar-refractivity contribution >= 4 is 16.7 Å². The molecule has 0 atom stereocenters. The van der Waals surface area contributed by atoms with Crippen molar-refractivity contribution in [1.82, 2.24) is 19.6 Å². The third kappa shape index (κ3) is 2.52. The van der Waals surface area contributed by atoms with Crippen molar-refractivity contribution in [2.45, 2.75) is 26.3 Å². The number of hydrogen-bond acceptors (Lipinski definition) is 4. The Kier molecular flexibility index (Phi) is 3.54. The van der Waals surface area contributed by atoms with E-state index in [0.717, 1.165) is 16.8 Å². The highest BCUT2D eigenvalue weighted by Gasteiger charge is 2.21. The van der Waals surface area contributed by atoms with Crippen LogP contribution in [0.4, 0.5) is 0 Å². The van der Waals surface area contributed by atoms with Gasteiger partial charge in [-0.25, -0.2) is 5.10 Å². The maximum absolute atomic E-state index is 12.8. The second-order valence-corrected chi connectivity index (χ2v) is 7.15. The third-order valence-electron chi connectivity index (χ3n) is 4.37. The van der Waals surface area contributed by atoms with Crippen LogP contribution in [-0.2, 0) is 5.54 Å². The van der Waals surface area contributed by atoms with Gasteiger partial charge < -0.3 is 9.30 Å². The van der Waals surface area contributed by atoms with E-state index < -0.39 is 0 Å². The molecule has 4 rings (SSSR count). The summed E-state index contributed by atoms with van der Waals surface area (Å²) in [4.78, 5) is 21.7. The largest absolute Gasteiger partial charge is 0.497 e. The van der Waals surface area contributed by atoms with Gasteiger partial charge in [-0.05, 0) is 56.1 Å². The van der Waals surface area contributed by atoms with Crippen molar-refractivity contribution in [1.29, 1.82) is 0 Å². The van der Waals surface area contributed by atoms with E-state index >= 15 is 0 Å². The van der Waals surface area contributed by atoms with Gasteiger partial charge in [0.1, 0.15) is 22.8 Å². The molecule has 0 fully saturated rings. The first-order valence-electron chi connectivity index (χ1n) is 8.35. The van der Waals surface area contributed by atoms with Gasteiger partial charge in [0.25, 0.3) is 5.56 Å². The molecule has 26 heavy (non-hydrogen) atoms. The van der Waals surface area contributed by atoms with Crippen LogP contribution in [0.25, 0.3) is 28.1 Å². The molecule has 0 saturated carbocycles. The Morgan fingerprint density at radius 1 is 1.15 bits per heavy atom. The van der Waals surface area contributed by atoms with Crippen LogP contribution in [0.2, 0.25) is 0 Å². The summed E-state index contributed by atoms with van der Waals surface area (Å²) in [5.74, 6) is 1.97. The lowest BCUT2D eigenvalue weighted by atomic mass is 10.1. The summed E-state index contributed by atoms with van der Waals surface area (Å²) in [5.41, 5.74) is 1.28. The number of benzene rings is 1. The Morgan fingerprint density at radius 3 is 2.54 bits per heavy atom. The number of ether oxygens (including phenoxy) is 1. The van der Waals surface area contributed by atoms with Gasteiger partial charge in [0, 0.05) is 17.3 Å². The van der Waals surface area contributed by atoms with Gasteiger partial charge in [0.15, 0.2) is 0 Å². The molecule has 3 heterocycles. The van der Waals surface area contributed by atoms with Crippen LogP contribution >= 0.6 is 0 Å². The standard InChI is InChI=1S/C19H19N5O2/c1-19(2,3)23-10-9-15-14(17(23)25)11-20-18-21-16(22-24(15)18)12-5-7-13(26-4)8-6-12/h5-11H,1-4H3/p+1. The van der Waals surface area contributed by atoms with Gasteiger partial charge in [-0.3, -0.25) is 4.79 Å². The van der Waals surface area contributed by atoms with Crippen molar-refractivity contribution < 1.29 is 9.25 Å². The highest BCUT2D eigenvalue weighted by Crippen LogP contribution is 2.19. The number of aromatic nitrogens is 5. The fourth-order valence-electron chi connectivity index (χ4n) is 2.97. The predicted molar refractivity (Wildman–Crippen MR) is 98.3 cm³/mol. The predicted octanol–water partition coefficient (Wildman–Crippen LogP) is 2.29. The molecule has 4 aromatic rings. The van der Waals surface area contributed by atoms with Crippen molar-refractivity contribution in [2.24, 2.45) is 0 Å². The molecular formula is C19H20N5O2+. The minimum absolute atomic E-state index is 0.0718. The Bertz CT molecular complexity index is 1170. The van der Waals surface area contributed by atoms with Gasteiger partial charge in [0.2, 0.25) is 5.82 Å². The lowest BCUT2D eigenvalue weighted by Gasteiger charge is -2.22. The van der Waals surface area contributed by atoms with E-state index in [2.05, 4.69) is 15.1 Å². The van der Waals surface area contributed by atoms with Gasteiger partial charge in [0.05, 0.1) is 7.11 Å². The van der Waals surface area contributed by atoms with E-state index in [0.29, 0.717) is 17.0 Å². The Hall–Kier alpha value is -3.22. The summed E-state index contributed by atoms with van der Waals surface area (Å²) in [6.45, 7) is 5.99. The smallest absolute Gasteiger partial charge is 0.457 e. The SMILES string of the molecule is COc1ccc(-c2nc3ncc4c(=O)n(C(C)(C)C)ccc4[n+]3[nH]2)cc1. The maximum Gasteiger partial charge on any atom is 0.457 e. The molecule has 7 heteroatoms. The molecular weight excluding hydrogens is 330 g/mol. The van der Waals surface area contributed by atoms with E-state index in [1.807, 2.05) is 57.3 Å². The number of methoxy groups -OCH3 is 1. The van der Waals surface area contributed by atoms with Crippen LogP contribution < -0.4 is 14.8 Å². The first kappa shape index (κ1) is 16.3. The van der Waals surface area contributed by atoms with E-state index in [1.165, 1.54) is 0 Å². The Labute approximate surface area is 149 Å². The molecule has 0 saturated heterocycles. The average Bonchev–Trinajstić information content (AvgIpc) is 3.05. The zero-order valence-electron chi connectivity index (χ0n) is 15.1. The molecule has 132 valence electrons. The number of nitrogens with zero attached hydrogens (tertiary/aromatic N) is 4. The van der Waals surface area contributed by atoms with Gasteiger partial charge in [-0.1, -0.05) is 4.98 Å². The molecule has 0 spiro atoms. The normalized spacial score (nSPS) is 12.0. The molecule has 1 N–H and O–H groups in total.